The molecule has 0 radical (unpaired) electrons. The molecule has 88 valence electrons. The molecule has 1 amide bonds. The van der Waals surface area contributed by atoms with Gasteiger partial charge in [-0.25, -0.2) is 0 Å². The summed E-state index contributed by atoms with van der Waals surface area (Å²) in [6.45, 7) is 2.76. The zero-order valence-electron chi connectivity index (χ0n) is 9.89. The Kier molecular flexibility index (Phi) is 2.11. The van der Waals surface area contributed by atoms with Gasteiger partial charge < -0.3 is 15.0 Å². The largest absolute Gasteiger partial charge is 0.495 e. The van der Waals surface area contributed by atoms with Crippen molar-refractivity contribution >= 4 is 16.8 Å². The Bertz CT molecular complexity index is 613. The molecule has 1 aliphatic heterocycles. The van der Waals surface area contributed by atoms with Crippen LogP contribution in [0.4, 0.5) is 0 Å². The first-order chi connectivity index (χ1) is 8.22. The molecule has 0 atom stereocenters. The van der Waals surface area contributed by atoms with E-state index >= 15 is 0 Å². The molecule has 0 saturated heterocycles. The van der Waals surface area contributed by atoms with E-state index in [1.54, 1.807) is 7.11 Å². The second-order valence-electron chi connectivity index (χ2n) is 4.32. The fraction of sp³-hybridized carbons (Fsp3) is 0.308. The highest BCUT2D eigenvalue weighted by atomic mass is 16.5. The molecule has 0 unspecified atom stereocenters. The number of carbonyl (C=O) groups is 1. The van der Waals surface area contributed by atoms with Crippen molar-refractivity contribution < 1.29 is 9.53 Å². The van der Waals surface area contributed by atoms with Crippen LogP contribution in [0.5, 0.6) is 5.75 Å². The van der Waals surface area contributed by atoms with Gasteiger partial charge in [0.25, 0.3) is 5.91 Å². The minimum atomic E-state index is -0.0242. The second kappa shape index (κ2) is 3.52. The predicted molar refractivity (Wildman–Crippen MR) is 65.6 cm³/mol. The van der Waals surface area contributed by atoms with Crippen LogP contribution in [0.25, 0.3) is 10.9 Å². The van der Waals surface area contributed by atoms with Crippen LogP contribution in [0.1, 0.15) is 21.6 Å². The summed E-state index contributed by atoms with van der Waals surface area (Å²) >= 11 is 0. The molecular formula is C13H14N2O2. The van der Waals surface area contributed by atoms with Crippen molar-refractivity contribution in [2.24, 2.45) is 0 Å². The van der Waals surface area contributed by atoms with Gasteiger partial charge in [-0.1, -0.05) is 6.07 Å². The van der Waals surface area contributed by atoms with Gasteiger partial charge in [0.05, 0.1) is 12.6 Å². The molecule has 1 aromatic heterocycles. The minimum Gasteiger partial charge on any atom is -0.495 e. The van der Waals surface area contributed by atoms with Crippen LogP contribution < -0.4 is 10.1 Å². The molecule has 17 heavy (non-hydrogen) atoms. The minimum absolute atomic E-state index is 0.0242. The van der Waals surface area contributed by atoms with Crippen LogP contribution in [0.3, 0.4) is 0 Å². The maximum Gasteiger partial charge on any atom is 0.268 e. The van der Waals surface area contributed by atoms with Crippen LogP contribution >= 0.6 is 0 Å². The summed E-state index contributed by atoms with van der Waals surface area (Å²) in [5.41, 5.74) is 3.89. The Labute approximate surface area is 99.0 Å². The second-order valence-corrected chi connectivity index (χ2v) is 4.32. The third-order valence-electron chi connectivity index (χ3n) is 3.34. The van der Waals surface area contributed by atoms with Crippen LogP contribution in [0.15, 0.2) is 12.1 Å². The van der Waals surface area contributed by atoms with E-state index < -0.39 is 0 Å². The lowest BCUT2D eigenvalue weighted by Gasteiger charge is -2.12. The summed E-state index contributed by atoms with van der Waals surface area (Å²) in [6.07, 6.45) is 0.870. The number of ether oxygens (including phenoxy) is 1. The maximum absolute atomic E-state index is 11.8. The normalized spacial score (nSPS) is 14.6. The van der Waals surface area contributed by atoms with Gasteiger partial charge in [-0.05, 0) is 30.5 Å². The maximum atomic E-state index is 11.8. The van der Waals surface area contributed by atoms with Crippen LogP contribution in [0.2, 0.25) is 0 Å². The molecule has 1 aliphatic rings. The van der Waals surface area contributed by atoms with Crippen molar-refractivity contribution in [1.82, 2.24) is 10.3 Å². The summed E-state index contributed by atoms with van der Waals surface area (Å²) in [6, 6.07) is 3.96. The van der Waals surface area contributed by atoms with E-state index in [1.807, 2.05) is 12.1 Å². The smallest absolute Gasteiger partial charge is 0.268 e. The highest BCUT2D eigenvalue weighted by Crippen LogP contribution is 2.33. The van der Waals surface area contributed by atoms with Crippen LogP contribution in [0, 0.1) is 6.92 Å². The lowest BCUT2D eigenvalue weighted by Crippen LogP contribution is -2.31. The third kappa shape index (κ3) is 1.33. The molecular weight excluding hydrogens is 216 g/mol. The van der Waals surface area contributed by atoms with E-state index in [0.717, 1.165) is 28.6 Å². The number of hydrogen-bond donors (Lipinski definition) is 2. The highest BCUT2D eigenvalue weighted by Gasteiger charge is 2.23. The highest BCUT2D eigenvalue weighted by molar-refractivity contribution is 6.04. The SMILES string of the molecule is COc1ccc(C)c2c3c([nH]c12)C(=O)NCC3. The molecule has 0 aliphatic carbocycles. The summed E-state index contributed by atoms with van der Waals surface area (Å²) in [5, 5.41) is 3.98. The first kappa shape index (κ1) is 10.2. The van der Waals surface area contributed by atoms with Gasteiger partial charge in [-0.2, -0.15) is 0 Å². The van der Waals surface area contributed by atoms with Gasteiger partial charge in [0.1, 0.15) is 11.4 Å². The van der Waals surface area contributed by atoms with Crippen molar-refractivity contribution in [2.45, 2.75) is 13.3 Å². The molecule has 2 N–H and O–H groups in total. The summed E-state index contributed by atoms with van der Waals surface area (Å²) in [7, 11) is 1.64. The first-order valence-electron chi connectivity index (χ1n) is 5.68. The number of aryl methyl sites for hydroxylation is 1. The molecule has 0 spiro atoms. The topological polar surface area (TPSA) is 54.1 Å². The van der Waals surface area contributed by atoms with E-state index in [0.29, 0.717) is 12.2 Å². The number of amides is 1. The van der Waals surface area contributed by atoms with E-state index in [9.17, 15) is 4.79 Å². The van der Waals surface area contributed by atoms with Gasteiger partial charge in [0, 0.05) is 11.9 Å². The number of rotatable bonds is 1. The average molecular weight is 230 g/mol. The molecule has 2 heterocycles. The standard InChI is InChI=1S/C13H14N2O2/c1-7-3-4-9(17-2)12-10(7)8-5-6-14-13(16)11(8)15-12/h3-4,15H,5-6H2,1-2H3,(H,14,16). The molecule has 4 nitrogen and oxygen atoms in total. The number of methoxy groups -OCH3 is 1. The fourth-order valence-corrected chi connectivity index (χ4v) is 2.53. The number of fused-ring (bicyclic) bond motifs is 3. The molecule has 3 rings (SSSR count). The van der Waals surface area contributed by atoms with Gasteiger partial charge in [0.15, 0.2) is 0 Å². The number of carbonyl (C=O) groups excluding carboxylic acids is 1. The Balaban J connectivity index is 2.40. The van der Waals surface area contributed by atoms with Crippen molar-refractivity contribution in [2.75, 3.05) is 13.7 Å². The molecule has 4 heteroatoms. The molecule has 2 aromatic rings. The van der Waals surface area contributed by atoms with Crippen LogP contribution in [-0.4, -0.2) is 24.5 Å². The quantitative estimate of drug-likeness (QED) is 0.784. The number of aromatic amines is 1. The molecule has 1 aromatic carbocycles. The van der Waals surface area contributed by atoms with Gasteiger partial charge in [0.2, 0.25) is 0 Å². The molecule has 0 bridgehead atoms. The van der Waals surface area contributed by atoms with Gasteiger partial charge in [-0.15, -0.1) is 0 Å². The van der Waals surface area contributed by atoms with E-state index in [1.165, 1.54) is 5.56 Å². The number of nitrogens with one attached hydrogen (secondary N) is 2. The first-order valence-corrected chi connectivity index (χ1v) is 5.68. The predicted octanol–water partition coefficient (Wildman–Crippen LogP) is 1.77. The fourth-order valence-electron chi connectivity index (χ4n) is 2.53. The number of benzene rings is 1. The van der Waals surface area contributed by atoms with E-state index in [2.05, 4.69) is 17.2 Å². The number of hydrogen-bond acceptors (Lipinski definition) is 2. The monoisotopic (exact) mass is 230 g/mol. The Morgan fingerprint density at radius 1 is 1.35 bits per heavy atom. The zero-order chi connectivity index (χ0) is 12.0. The summed E-state index contributed by atoms with van der Waals surface area (Å²) < 4.78 is 5.33. The molecule has 0 saturated carbocycles. The Morgan fingerprint density at radius 3 is 2.94 bits per heavy atom. The Morgan fingerprint density at radius 2 is 2.18 bits per heavy atom. The number of H-pyrrole nitrogens is 1. The molecule has 0 fully saturated rings. The van der Waals surface area contributed by atoms with Crippen molar-refractivity contribution in [3.8, 4) is 5.75 Å². The lowest BCUT2D eigenvalue weighted by atomic mass is 10.0. The van der Waals surface area contributed by atoms with E-state index in [4.69, 9.17) is 4.74 Å². The third-order valence-corrected chi connectivity index (χ3v) is 3.34. The van der Waals surface area contributed by atoms with Crippen molar-refractivity contribution in [3.05, 3.63) is 29.0 Å². The average Bonchev–Trinajstić information content (AvgIpc) is 2.71. The zero-order valence-corrected chi connectivity index (χ0v) is 9.89. The van der Waals surface area contributed by atoms with Gasteiger partial charge in [-0.3, -0.25) is 4.79 Å². The lowest BCUT2D eigenvalue weighted by molar-refractivity contribution is 0.0942. The van der Waals surface area contributed by atoms with Crippen molar-refractivity contribution in [1.29, 1.82) is 0 Å². The van der Waals surface area contributed by atoms with E-state index in [-0.39, 0.29) is 5.91 Å². The summed E-state index contributed by atoms with van der Waals surface area (Å²) in [4.78, 5) is 15.0. The summed E-state index contributed by atoms with van der Waals surface area (Å²) in [5.74, 6) is 0.761. The van der Waals surface area contributed by atoms with Crippen molar-refractivity contribution in [3.63, 3.8) is 0 Å². The number of aromatic nitrogens is 1. The van der Waals surface area contributed by atoms with Crippen LogP contribution in [-0.2, 0) is 6.42 Å². The Hall–Kier alpha value is -1.97. The van der Waals surface area contributed by atoms with Gasteiger partial charge >= 0.3 is 0 Å².